The van der Waals surface area contributed by atoms with Gasteiger partial charge in [-0.2, -0.15) is 10.1 Å². The second-order valence-corrected chi connectivity index (χ2v) is 8.28. The molecule has 9 heteroatoms. The summed E-state index contributed by atoms with van der Waals surface area (Å²) in [6, 6.07) is 3.97. The zero-order chi connectivity index (χ0) is 19.9. The summed E-state index contributed by atoms with van der Waals surface area (Å²) >= 11 is 0. The Hall–Kier alpha value is -3.23. The molecule has 0 aromatic carbocycles. The summed E-state index contributed by atoms with van der Waals surface area (Å²) in [6.45, 7) is 3.42. The number of H-pyrrole nitrogens is 1. The van der Waals surface area contributed by atoms with Gasteiger partial charge >= 0.3 is 0 Å². The zero-order valence-electron chi connectivity index (χ0n) is 16.9. The van der Waals surface area contributed by atoms with Crippen LogP contribution in [0.3, 0.4) is 0 Å². The second-order valence-electron chi connectivity index (χ2n) is 8.28. The topological polar surface area (TPSA) is 98.8 Å². The Bertz CT molecular complexity index is 1040. The number of rotatable bonds is 5. The van der Waals surface area contributed by atoms with Crippen molar-refractivity contribution in [3.8, 4) is 0 Å². The van der Waals surface area contributed by atoms with E-state index in [2.05, 4.69) is 41.3 Å². The van der Waals surface area contributed by atoms with E-state index in [9.17, 15) is 0 Å². The first-order valence-corrected chi connectivity index (χ1v) is 10.8. The first-order chi connectivity index (χ1) is 14.8. The maximum absolute atomic E-state index is 4.93. The van der Waals surface area contributed by atoms with Gasteiger partial charge in [-0.25, -0.2) is 15.0 Å². The molecule has 0 unspecified atom stereocenters. The van der Waals surface area contributed by atoms with Gasteiger partial charge in [-0.15, -0.1) is 0 Å². The van der Waals surface area contributed by atoms with Gasteiger partial charge < -0.3 is 15.1 Å². The molecule has 2 fully saturated rings. The zero-order valence-corrected chi connectivity index (χ0v) is 16.9. The maximum Gasteiger partial charge on any atom is 0.227 e. The summed E-state index contributed by atoms with van der Waals surface area (Å²) in [4.78, 5) is 23.1. The highest BCUT2D eigenvalue weighted by Gasteiger charge is 2.27. The monoisotopic (exact) mass is 403 g/mol. The molecule has 2 aliphatic carbocycles. The normalized spacial score (nSPS) is 18.5. The van der Waals surface area contributed by atoms with Gasteiger partial charge in [0, 0.05) is 61.8 Å². The molecule has 3 aliphatic rings. The Labute approximate surface area is 175 Å². The van der Waals surface area contributed by atoms with E-state index in [1.807, 2.05) is 6.07 Å². The van der Waals surface area contributed by atoms with E-state index in [0.717, 1.165) is 69.0 Å². The highest BCUT2D eigenvalue weighted by atomic mass is 15.4. The van der Waals surface area contributed by atoms with Crippen molar-refractivity contribution >= 4 is 23.5 Å². The smallest absolute Gasteiger partial charge is 0.227 e. The number of piperazine rings is 1. The Morgan fingerprint density at radius 2 is 1.70 bits per heavy atom. The number of nitrogens with zero attached hydrogens (tertiary/aromatic N) is 7. The van der Waals surface area contributed by atoms with E-state index >= 15 is 0 Å². The van der Waals surface area contributed by atoms with Crippen molar-refractivity contribution in [1.82, 2.24) is 30.1 Å². The van der Waals surface area contributed by atoms with Gasteiger partial charge in [0.1, 0.15) is 5.82 Å². The number of fused-ring (bicyclic) bond motifs is 1. The minimum Gasteiger partial charge on any atom is -0.337 e. The van der Waals surface area contributed by atoms with Crippen LogP contribution >= 0.6 is 0 Å². The number of hydrogen-bond donors (Lipinski definition) is 2. The third-order valence-electron chi connectivity index (χ3n) is 6.18. The van der Waals surface area contributed by atoms with Crippen LogP contribution in [-0.4, -0.2) is 56.3 Å². The van der Waals surface area contributed by atoms with Crippen molar-refractivity contribution in [1.29, 1.82) is 0 Å². The predicted octanol–water partition coefficient (Wildman–Crippen LogP) is 2.43. The number of aromatic nitrogens is 6. The van der Waals surface area contributed by atoms with Crippen LogP contribution in [0.5, 0.6) is 0 Å². The van der Waals surface area contributed by atoms with Crippen LogP contribution in [0.1, 0.15) is 42.1 Å². The highest BCUT2D eigenvalue weighted by molar-refractivity contribution is 5.61. The molecule has 9 nitrogen and oxygen atoms in total. The molecule has 154 valence electrons. The Balaban J connectivity index is 1.22. The summed E-state index contributed by atoms with van der Waals surface area (Å²) in [6.07, 6.45) is 9.28. The summed E-state index contributed by atoms with van der Waals surface area (Å²) in [7, 11) is 0. The number of hydrogen-bond acceptors (Lipinski definition) is 8. The number of nitrogens with one attached hydrogen (secondary N) is 2. The Kier molecular flexibility index (Phi) is 4.24. The summed E-state index contributed by atoms with van der Waals surface area (Å²) < 4.78 is 0. The molecule has 1 aliphatic heterocycles. The van der Waals surface area contributed by atoms with Crippen LogP contribution in [0.15, 0.2) is 24.5 Å². The number of anilines is 4. The molecule has 0 amide bonds. The molecule has 0 radical (unpaired) electrons. The lowest BCUT2D eigenvalue weighted by Gasteiger charge is -2.35. The van der Waals surface area contributed by atoms with E-state index in [4.69, 9.17) is 9.97 Å². The Morgan fingerprint density at radius 3 is 2.47 bits per heavy atom. The molecular formula is C21H25N9. The van der Waals surface area contributed by atoms with Crippen LogP contribution in [0.25, 0.3) is 0 Å². The molecule has 6 rings (SSSR count). The van der Waals surface area contributed by atoms with Gasteiger partial charge in [0.15, 0.2) is 5.82 Å². The average Bonchev–Trinajstić information content (AvgIpc) is 3.35. The largest absolute Gasteiger partial charge is 0.337 e. The van der Waals surface area contributed by atoms with Gasteiger partial charge in [-0.1, -0.05) is 0 Å². The van der Waals surface area contributed by atoms with Crippen molar-refractivity contribution < 1.29 is 0 Å². The molecule has 1 saturated heterocycles. The van der Waals surface area contributed by atoms with Gasteiger partial charge in [0.2, 0.25) is 11.9 Å². The van der Waals surface area contributed by atoms with E-state index in [0.29, 0.717) is 5.92 Å². The first kappa shape index (κ1) is 17.6. The third-order valence-corrected chi connectivity index (χ3v) is 6.18. The maximum atomic E-state index is 4.93. The molecule has 1 saturated carbocycles. The van der Waals surface area contributed by atoms with Crippen LogP contribution in [0.4, 0.5) is 23.5 Å². The first-order valence-electron chi connectivity index (χ1n) is 10.8. The summed E-state index contributed by atoms with van der Waals surface area (Å²) in [5, 5.41) is 11.1. The highest BCUT2D eigenvalue weighted by Crippen LogP contribution is 2.40. The molecule has 3 aromatic rings. The second kappa shape index (κ2) is 7.23. The third kappa shape index (κ3) is 3.34. The van der Waals surface area contributed by atoms with E-state index in [-0.39, 0.29) is 0 Å². The quantitative estimate of drug-likeness (QED) is 0.670. The van der Waals surface area contributed by atoms with E-state index < -0.39 is 0 Å². The number of aryl methyl sites for hydroxylation is 1. The van der Waals surface area contributed by atoms with Gasteiger partial charge in [-0.05, 0) is 38.2 Å². The average molecular weight is 403 g/mol. The van der Waals surface area contributed by atoms with Crippen molar-refractivity contribution in [2.24, 2.45) is 0 Å². The fourth-order valence-electron chi connectivity index (χ4n) is 4.35. The molecule has 4 heterocycles. The molecule has 0 spiro atoms. The van der Waals surface area contributed by atoms with Crippen molar-refractivity contribution in [3.05, 3.63) is 41.5 Å². The van der Waals surface area contributed by atoms with Crippen LogP contribution in [-0.2, 0) is 12.8 Å². The fraction of sp³-hybridized carbons (Fsp3) is 0.476. The van der Waals surface area contributed by atoms with Crippen LogP contribution in [0, 0.1) is 0 Å². The van der Waals surface area contributed by atoms with Crippen LogP contribution < -0.4 is 15.1 Å². The SMILES string of the molecule is c1cnc(N2CCN(c3nc4c(c(Nc5cc(C6CC6)[nH]n5)n3)CCC4)CC2)nc1. The lowest BCUT2D eigenvalue weighted by Crippen LogP contribution is -2.47. The predicted molar refractivity (Wildman–Crippen MR) is 114 cm³/mol. The summed E-state index contributed by atoms with van der Waals surface area (Å²) in [5.74, 6) is 4.02. The van der Waals surface area contributed by atoms with Crippen molar-refractivity contribution in [3.63, 3.8) is 0 Å². The molecule has 3 aromatic heterocycles. The molecule has 30 heavy (non-hydrogen) atoms. The Morgan fingerprint density at radius 1 is 0.933 bits per heavy atom. The van der Waals surface area contributed by atoms with E-state index in [1.54, 1.807) is 12.4 Å². The van der Waals surface area contributed by atoms with E-state index in [1.165, 1.54) is 29.8 Å². The fourth-order valence-corrected chi connectivity index (χ4v) is 4.35. The van der Waals surface area contributed by atoms with Crippen molar-refractivity contribution in [2.75, 3.05) is 41.3 Å². The molecule has 0 atom stereocenters. The molecular weight excluding hydrogens is 378 g/mol. The van der Waals surface area contributed by atoms with Crippen molar-refractivity contribution in [2.45, 2.75) is 38.0 Å². The van der Waals surface area contributed by atoms with Crippen LogP contribution in [0.2, 0.25) is 0 Å². The molecule has 0 bridgehead atoms. The standard InChI is InChI=1S/C21H25N9/c1-3-15-16(4-1)24-21(26-19(15)25-18-13-17(27-28-18)14-5-6-14)30-11-9-29(10-12-30)20-22-7-2-8-23-20/h2,7-8,13-14H,1,3-6,9-12H2,(H2,24,25,26,27,28). The van der Waals surface area contributed by atoms with Gasteiger partial charge in [0.25, 0.3) is 0 Å². The van der Waals surface area contributed by atoms with Gasteiger partial charge in [-0.3, -0.25) is 5.10 Å². The summed E-state index contributed by atoms with van der Waals surface area (Å²) in [5.41, 5.74) is 3.64. The minimum absolute atomic E-state index is 0.657. The lowest BCUT2D eigenvalue weighted by molar-refractivity contribution is 0.627. The molecule has 2 N–H and O–H groups in total. The lowest BCUT2D eigenvalue weighted by atomic mass is 10.2. The van der Waals surface area contributed by atoms with Gasteiger partial charge in [0.05, 0.1) is 5.69 Å². The minimum atomic E-state index is 0.657. The number of aromatic amines is 1.